The van der Waals surface area contributed by atoms with Crippen molar-refractivity contribution in [3.63, 3.8) is 0 Å². The van der Waals surface area contributed by atoms with Gasteiger partial charge in [-0.15, -0.1) is 5.10 Å². The summed E-state index contributed by atoms with van der Waals surface area (Å²) in [7, 11) is 3.08. The van der Waals surface area contributed by atoms with E-state index in [1.54, 1.807) is 48.2 Å². The second-order valence-corrected chi connectivity index (χ2v) is 10.1. The molecule has 0 unspecified atom stereocenters. The number of aromatic nitrogens is 3. The lowest BCUT2D eigenvalue weighted by Gasteiger charge is -2.12. The first kappa shape index (κ1) is 27.4. The summed E-state index contributed by atoms with van der Waals surface area (Å²) in [5.41, 5.74) is 0.845. The van der Waals surface area contributed by atoms with Crippen molar-refractivity contribution in [1.82, 2.24) is 14.6 Å². The number of furan rings is 1. The van der Waals surface area contributed by atoms with Crippen LogP contribution in [0.4, 0.5) is 17.6 Å². The van der Waals surface area contributed by atoms with Gasteiger partial charge in [-0.1, -0.05) is 12.1 Å². The largest absolute Gasteiger partial charge is 0.496 e. The van der Waals surface area contributed by atoms with Crippen molar-refractivity contribution in [2.75, 3.05) is 14.2 Å². The van der Waals surface area contributed by atoms with E-state index in [0.29, 0.717) is 55.9 Å². The lowest BCUT2D eigenvalue weighted by atomic mass is 10.1. The van der Waals surface area contributed by atoms with Gasteiger partial charge >= 0.3 is 6.18 Å². The average molecular weight is 600 g/mol. The maximum absolute atomic E-state index is 13.7. The van der Waals surface area contributed by atoms with Crippen molar-refractivity contribution >= 4 is 27.3 Å². The predicted molar refractivity (Wildman–Crippen MR) is 146 cm³/mol. The van der Waals surface area contributed by atoms with Crippen LogP contribution in [0.1, 0.15) is 16.7 Å². The van der Waals surface area contributed by atoms with Gasteiger partial charge in [0.1, 0.15) is 47.6 Å². The first-order valence-electron chi connectivity index (χ1n) is 12.4. The molecule has 3 aromatic heterocycles. The van der Waals surface area contributed by atoms with Crippen molar-refractivity contribution < 1.29 is 40.9 Å². The SMILES string of the molecule is COc1cc(OCc2cccc(OCc3cc(F)cc(C(F)(F)F)c3)c2)c2cc(-c3cn4nc(OC)sc4n3)oc2c1. The van der Waals surface area contributed by atoms with Gasteiger partial charge < -0.3 is 23.4 Å². The van der Waals surface area contributed by atoms with Gasteiger partial charge in [-0.05, 0) is 58.9 Å². The first-order valence-corrected chi connectivity index (χ1v) is 13.2. The predicted octanol–water partition coefficient (Wildman–Crippen LogP) is 7.54. The molecule has 6 rings (SSSR count). The Bertz CT molecular complexity index is 1860. The van der Waals surface area contributed by atoms with Crippen LogP contribution in [0.3, 0.4) is 0 Å². The topological polar surface area (TPSA) is 80.2 Å². The number of methoxy groups -OCH3 is 2. The maximum atomic E-state index is 13.7. The maximum Gasteiger partial charge on any atom is 0.416 e. The van der Waals surface area contributed by atoms with Gasteiger partial charge in [0.05, 0.1) is 31.4 Å². The molecule has 0 atom stereocenters. The second kappa shape index (κ2) is 10.9. The summed E-state index contributed by atoms with van der Waals surface area (Å²) in [6.07, 6.45) is -2.92. The average Bonchev–Trinajstić information content (AvgIpc) is 3.67. The summed E-state index contributed by atoms with van der Waals surface area (Å²) >= 11 is 1.30. The van der Waals surface area contributed by atoms with Crippen LogP contribution >= 0.6 is 11.3 Å². The summed E-state index contributed by atoms with van der Waals surface area (Å²) < 4.78 is 82.9. The van der Waals surface area contributed by atoms with Gasteiger partial charge in [0, 0.05) is 12.1 Å². The number of nitrogens with zero attached hydrogens (tertiary/aromatic N) is 3. The number of ether oxygens (including phenoxy) is 4. The molecule has 42 heavy (non-hydrogen) atoms. The summed E-state index contributed by atoms with van der Waals surface area (Å²) in [6, 6.07) is 14.5. The number of halogens is 4. The summed E-state index contributed by atoms with van der Waals surface area (Å²) in [6.45, 7) is -0.102. The molecule has 8 nitrogen and oxygen atoms in total. The lowest BCUT2D eigenvalue weighted by Crippen LogP contribution is -2.07. The number of fused-ring (bicyclic) bond motifs is 2. The van der Waals surface area contributed by atoms with E-state index in [9.17, 15) is 17.6 Å². The Labute approximate surface area is 239 Å². The van der Waals surface area contributed by atoms with Gasteiger partial charge in [0.25, 0.3) is 5.19 Å². The molecule has 0 radical (unpaired) electrons. The molecule has 0 aliphatic rings. The zero-order chi connectivity index (χ0) is 29.4. The van der Waals surface area contributed by atoms with Gasteiger partial charge in [0.15, 0.2) is 5.76 Å². The molecule has 0 aliphatic carbocycles. The van der Waals surface area contributed by atoms with Crippen LogP contribution in [0, 0.1) is 5.82 Å². The van der Waals surface area contributed by atoms with Gasteiger partial charge in [0.2, 0.25) is 4.96 Å². The molecule has 6 aromatic rings. The van der Waals surface area contributed by atoms with Crippen molar-refractivity contribution in [2.24, 2.45) is 0 Å². The number of hydrogen-bond acceptors (Lipinski definition) is 8. The van der Waals surface area contributed by atoms with E-state index in [1.165, 1.54) is 18.4 Å². The van der Waals surface area contributed by atoms with Crippen molar-refractivity contribution in [1.29, 1.82) is 0 Å². The molecule has 0 saturated heterocycles. The minimum absolute atomic E-state index is 0.0611. The molecule has 0 bridgehead atoms. The molecule has 3 aromatic carbocycles. The highest BCUT2D eigenvalue weighted by Crippen LogP contribution is 2.38. The molecule has 0 spiro atoms. The van der Waals surface area contributed by atoms with E-state index in [0.717, 1.165) is 17.7 Å². The van der Waals surface area contributed by atoms with Crippen LogP contribution in [0.25, 0.3) is 27.4 Å². The number of rotatable bonds is 9. The van der Waals surface area contributed by atoms with E-state index in [1.807, 2.05) is 12.1 Å². The van der Waals surface area contributed by atoms with Crippen LogP contribution in [0.2, 0.25) is 0 Å². The second-order valence-electron chi connectivity index (χ2n) is 9.14. The third kappa shape index (κ3) is 5.68. The van der Waals surface area contributed by atoms with Crippen LogP contribution in [0.15, 0.2) is 71.3 Å². The van der Waals surface area contributed by atoms with Crippen LogP contribution in [0.5, 0.6) is 22.4 Å². The molecule has 0 amide bonds. The Balaban J connectivity index is 1.19. The molecule has 0 fully saturated rings. The fraction of sp³-hybridized carbons (Fsp3) is 0.172. The molecular formula is C29H21F4N3O5S. The van der Waals surface area contributed by atoms with Crippen LogP contribution < -0.4 is 18.9 Å². The Morgan fingerprint density at radius 1 is 0.905 bits per heavy atom. The Morgan fingerprint density at radius 2 is 1.74 bits per heavy atom. The van der Waals surface area contributed by atoms with Gasteiger partial charge in [-0.3, -0.25) is 0 Å². The van der Waals surface area contributed by atoms with Crippen molar-refractivity contribution in [3.8, 4) is 33.9 Å². The quantitative estimate of drug-likeness (QED) is 0.159. The molecule has 13 heteroatoms. The van der Waals surface area contributed by atoms with Crippen molar-refractivity contribution in [2.45, 2.75) is 19.4 Å². The highest BCUT2D eigenvalue weighted by Gasteiger charge is 2.31. The van der Waals surface area contributed by atoms with Gasteiger partial charge in [-0.2, -0.15) is 13.2 Å². The van der Waals surface area contributed by atoms with E-state index in [2.05, 4.69) is 10.1 Å². The lowest BCUT2D eigenvalue weighted by molar-refractivity contribution is -0.137. The number of alkyl halides is 3. The molecule has 0 saturated carbocycles. The summed E-state index contributed by atoms with van der Waals surface area (Å²) in [5, 5.41) is 5.48. The fourth-order valence-corrected chi connectivity index (χ4v) is 4.98. The Kier molecular flexibility index (Phi) is 7.11. The van der Waals surface area contributed by atoms with E-state index in [-0.39, 0.29) is 18.8 Å². The molecular weight excluding hydrogens is 578 g/mol. The van der Waals surface area contributed by atoms with E-state index < -0.39 is 17.6 Å². The normalized spacial score (nSPS) is 11.8. The van der Waals surface area contributed by atoms with E-state index in [4.69, 9.17) is 23.4 Å². The summed E-state index contributed by atoms with van der Waals surface area (Å²) in [4.78, 5) is 5.22. The third-order valence-corrected chi connectivity index (χ3v) is 7.13. The smallest absolute Gasteiger partial charge is 0.416 e. The van der Waals surface area contributed by atoms with Crippen LogP contribution in [-0.4, -0.2) is 28.8 Å². The van der Waals surface area contributed by atoms with Gasteiger partial charge in [-0.25, -0.2) is 13.9 Å². The zero-order valence-electron chi connectivity index (χ0n) is 22.1. The minimum atomic E-state index is -4.66. The number of imidazole rings is 1. The summed E-state index contributed by atoms with van der Waals surface area (Å²) in [5.74, 6) is 0.954. The van der Waals surface area contributed by atoms with Crippen LogP contribution in [-0.2, 0) is 19.4 Å². The third-order valence-electron chi connectivity index (χ3n) is 6.24. The number of benzene rings is 3. The first-order chi connectivity index (χ1) is 20.2. The standard InChI is InChI=1S/C29H21F4N3O5S/c1-37-21-10-24(22-12-26(41-25(22)11-21)23-13-36-27(34-23)42-28(35-36)38-2)40-14-16-4-3-5-20(8-16)39-15-17-6-18(29(31,32)33)9-19(30)7-17/h3-13H,14-15H2,1-2H3. The molecule has 0 aliphatic heterocycles. The monoisotopic (exact) mass is 599 g/mol. The Morgan fingerprint density at radius 3 is 2.50 bits per heavy atom. The molecule has 0 N–H and O–H groups in total. The Hall–Kier alpha value is -4.78. The highest BCUT2D eigenvalue weighted by molar-refractivity contribution is 7.18. The minimum Gasteiger partial charge on any atom is -0.496 e. The molecule has 216 valence electrons. The number of hydrogen-bond donors (Lipinski definition) is 0. The van der Waals surface area contributed by atoms with Crippen molar-refractivity contribution in [3.05, 3.63) is 89.4 Å². The van der Waals surface area contributed by atoms with E-state index >= 15 is 0 Å². The fourth-order valence-electron chi connectivity index (χ4n) is 4.28. The zero-order valence-corrected chi connectivity index (χ0v) is 22.9. The highest BCUT2D eigenvalue weighted by atomic mass is 32.1. The molecule has 3 heterocycles.